The Morgan fingerprint density at radius 2 is 1.74 bits per heavy atom. The zero-order valence-corrected chi connectivity index (χ0v) is 19.0. The van der Waals surface area contributed by atoms with Gasteiger partial charge in [-0.25, -0.2) is 0 Å². The molecule has 2 aromatic rings. The number of allylic oxidation sites excluding steroid dienone is 6. The predicted octanol–water partition coefficient (Wildman–Crippen LogP) is 6.14. The summed E-state index contributed by atoms with van der Waals surface area (Å²) in [6, 6.07) is 7.26. The summed E-state index contributed by atoms with van der Waals surface area (Å²) in [7, 11) is 0. The number of aliphatic hydroxyl groups is 2. The van der Waals surface area contributed by atoms with Crippen molar-refractivity contribution in [3.63, 3.8) is 0 Å². The van der Waals surface area contributed by atoms with Gasteiger partial charge in [0.2, 0.25) is 0 Å². The number of ether oxygens (including phenoxy) is 2. The van der Waals surface area contributed by atoms with Crippen molar-refractivity contribution in [2.45, 2.75) is 53.1 Å². The van der Waals surface area contributed by atoms with Crippen molar-refractivity contribution >= 4 is 5.57 Å². The van der Waals surface area contributed by atoms with Crippen LogP contribution >= 0.6 is 0 Å². The van der Waals surface area contributed by atoms with Gasteiger partial charge in [0, 0.05) is 17.3 Å². The number of halogens is 4. The lowest BCUT2D eigenvalue weighted by Gasteiger charge is -2.17. The van der Waals surface area contributed by atoms with Crippen LogP contribution in [0.25, 0.3) is 5.57 Å². The van der Waals surface area contributed by atoms with Crippen molar-refractivity contribution in [2.75, 3.05) is 0 Å². The number of alkyl halides is 4. The number of hydrogen-bond donors (Lipinski definition) is 2. The number of rotatable bonds is 11. The summed E-state index contributed by atoms with van der Waals surface area (Å²) < 4.78 is 60.7. The molecular formula is C25H27F4NO4. The smallest absolute Gasteiger partial charge is 0.387 e. The molecule has 5 nitrogen and oxygen atoms in total. The largest absolute Gasteiger partial charge is 0.440 e. The van der Waals surface area contributed by atoms with Gasteiger partial charge in [-0.1, -0.05) is 36.8 Å². The molecule has 0 amide bonds. The van der Waals surface area contributed by atoms with E-state index in [9.17, 15) is 22.7 Å². The van der Waals surface area contributed by atoms with Crippen LogP contribution in [-0.4, -0.2) is 28.4 Å². The molecule has 34 heavy (non-hydrogen) atoms. The molecule has 0 fully saturated rings. The van der Waals surface area contributed by atoms with Crippen molar-refractivity contribution in [1.82, 2.24) is 4.98 Å². The van der Waals surface area contributed by atoms with E-state index in [2.05, 4.69) is 14.5 Å². The molecule has 1 heterocycles. The standard InChI is InChI=1S/C25H27F4NO4/c1-4-15(2)5-6-17(11-16(3)33-24(26)27)21-12-18(8-10-22(21)34-25(28)29)23(32)19-7-9-20(14-31)30-13-19/h5-13,23-25,31-32H,4,14H2,1-3H3/b15-5?,16-11+,17-6+/t23-/m1/s1. The lowest BCUT2D eigenvalue weighted by Crippen LogP contribution is -2.07. The molecule has 0 aliphatic rings. The van der Waals surface area contributed by atoms with E-state index in [4.69, 9.17) is 5.11 Å². The fourth-order valence-corrected chi connectivity index (χ4v) is 2.98. The number of hydrogen-bond acceptors (Lipinski definition) is 5. The minimum absolute atomic E-state index is 0.137. The second kappa shape index (κ2) is 12.9. The molecule has 1 aromatic carbocycles. The van der Waals surface area contributed by atoms with E-state index < -0.39 is 19.3 Å². The Labute approximate surface area is 195 Å². The average molecular weight is 481 g/mol. The van der Waals surface area contributed by atoms with E-state index >= 15 is 0 Å². The van der Waals surface area contributed by atoms with Crippen LogP contribution in [0.3, 0.4) is 0 Å². The summed E-state index contributed by atoms with van der Waals surface area (Å²) in [5.74, 6) is -0.337. The Morgan fingerprint density at radius 3 is 2.29 bits per heavy atom. The first kappa shape index (κ1) is 27.1. The van der Waals surface area contributed by atoms with Crippen molar-refractivity contribution in [1.29, 1.82) is 0 Å². The second-order valence-electron chi connectivity index (χ2n) is 7.40. The van der Waals surface area contributed by atoms with Crippen LogP contribution in [0, 0.1) is 0 Å². The summed E-state index contributed by atoms with van der Waals surface area (Å²) in [5.41, 5.74) is 2.53. The fraction of sp³-hybridized carbons (Fsp3) is 0.320. The second-order valence-corrected chi connectivity index (χ2v) is 7.40. The molecule has 0 radical (unpaired) electrons. The van der Waals surface area contributed by atoms with Crippen LogP contribution in [0.4, 0.5) is 17.6 Å². The number of pyridine rings is 1. The molecule has 0 aliphatic heterocycles. The maximum Gasteiger partial charge on any atom is 0.387 e. The molecule has 1 atom stereocenters. The zero-order chi connectivity index (χ0) is 25.3. The lowest BCUT2D eigenvalue weighted by molar-refractivity contribution is -0.0953. The van der Waals surface area contributed by atoms with Gasteiger partial charge < -0.3 is 19.7 Å². The molecule has 0 saturated carbocycles. The average Bonchev–Trinajstić information content (AvgIpc) is 2.80. The fourth-order valence-electron chi connectivity index (χ4n) is 2.98. The van der Waals surface area contributed by atoms with Crippen molar-refractivity contribution in [3.05, 3.63) is 88.5 Å². The van der Waals surface area contributed by atoms with Gasteiger partial charge in [-0.3, -0.25) is 4.98 Å². The third-order valence-electron chi connectivity index (χ3n) is 4.91. The summed E-state index contributed by atoms with van der Waals surface area (Å²) in [4.78, 5) is 4.03. The molecule has 2 N–H and O–H groups in total. The highest BCUT2D eigenvalue weighted by atomic mass is 19.3. The Bertz CT molecular complexity index is 1030. The lowest BCUT2D eigenvalue weighted by atomic mass is 9.95. The van der Waals surface area contributed by atoms with E-state index in [0.29, 0.717) is 16.8 Å². The number of aliphatic hydroxyl groups excluding tert-OH is 2. The molecule has 0 aliphatic carbocycles. The molecule has 1 aromatic heterocycles. The van der Waals surface area contributed by atoms with Gasteiger partial charge in [0.05, 0.1) is 12.3 Å². The predicted molar refractivity (Wildman–Crippen MR) is 120 cm³/mol. The molecule has 0 unspecified atom stereocenters. The normalized spacial score (nSPS) is 14.0. The van der Waals surface area contributed by atoms with E-state index in [0.717, 1.165) is 12.0 Å². The van der Waals surface area contributed by atoms with Gasteiger partial charge in [-0.05, 0) is 55.7 Å². The van der Waals surface area contributed by atoms with Crippen molar-refractivity contribution in [3.8, 4) is 5.75 Å². The molecule has 184 valence electrons. The topological polar surface area (TPSA) is 71.8 Å². The van der Waals surface area contributed by atoms with E-state index in [1.165, 1.54) is 37.4 Å². The van der Waals surface area contributed by atoms with Crippen molar-refractivity contribution in [2.24, 2.45) is 0 Å². The first-order valence-electron chi connectivity index (χ1n) is 10.5. The minimum atomic E-state index is -3.12. The summed E-state index contributed by atoms with van der Waals surface area (Å²) in [5, 5.41) is 20.0. The van der Waals surface area contributed by atoms with Crippen molar-refractivity contribution < 1.29 is 37.2 Å². The van der Waals surface area contributed by atoms with Crippen LogP contribution in [0.1, 0.15) is 55.7 Å². The van der Waals surface area contributed by atoms with Crippen LogP contribution in [-0.2, 0) is 11.3 Å². The first-order valence-corrected chi connectivity index (χ1v) is 10.5. The van der Waals surface area contributed by atoms with E-state index in [1.54, 1.807) is 24.3 Å². The summed E-state index contributed by atoms with van der Waals surface area (Å²) in [6.07, 6.45) is 5.54. The van der Waals surface area contributed by atoms with Crippen LogP contribution in [0.2, 0.25) is 0 Å². The Hall–Kier alpha value is -3.17. The Morgan fingerprint density at radius 1 is 1.03 bits per heavy atom. The van der Waals surface area contributed by atoms with Gasteiger partial charge in [-0.2, -0.15) is 17.6 Å². The zero-order valence-electron chi connectivity index (χ0n) is 19.0. The third-order valence-corrected chi connectivity index (χ3v) is 4.91. The molecule has 0 saturated heterocycles. The van der Waals surface area contributed by atoms with Crippen LogP contribution in [0.5, 0.6) is 5.75 Å². The number of aromatic nitrogens is 1. The highest BCUT2D eigenvalue weighted by Gasteiger charge is 2.18. The van der Waals surface area contributed by atoms with Gasteiger partial charge in [0.25, 0.3) is 0 Å². The highest BCUT2D eigenvalue weighted by Crippen LogP contribution is 2.34. The maximum absolute atomic E-state index is 13.1. The first-order chi connectivity index (χ1) is 16.1. The van der Waals surface area contributed by atoms with Crippen LogP contribution < -0.4 is 4.74 Å². The van der Waals surface area contributed by atoms with E-state index in [-0.39, 0.29) is 29.3 Å². The quantitative estimate of drug-likeness (QED) is 0.229. The summed E-state index contributed by atoms with van der Waals surface area (Å²) >= 11 is 0. The Balaban J connectivity index is 2.62. The third kappa shape index (κ3) is 8.00. The molecule has 2 rings (SSSR count). The molecular weight excluding hydrogens is 454 g/mol. The van der Waals surface area contributed by atoms with Gasteiger partial charge in [0.1, 0.15) is 17.6 Å². The number of nitrogens with zero attached hydrogens (tertiary/aromatic N) is 1. The minimum Gasteiger partial charge on any atom is -0.440 e. The van der Waals surface area contributed by atoms with Gasteiger partial charge in [-0.15, -0.1) is 0 Å². The molecule has 9 heteroatoms. The molecule has 0 bridgehead atoms. The maximum atomic E-state index is 13.1. The Kier molecular flexibility index (Phi) is 10.3. The van der Waals surface area contributed by atoms with Crippen LogP contribution in [0.15, 0.2) is 66.1 Å². The SMILES string of the molecule is CCC(C)=C/C=C(\C=C(/C)OC(F)F)c1cc([C@@H](O)c2ccc(CO)nc2)ccc1OC(F)F. The summed E-state index contributed by atoms with van der Waals surface area (Å²) in [6.45, 7) is -1.33. The highest BCUT2D eigenvalue weighted by molar-refractivity contribution is 5.79. The van der Waals surface area contributed by atoms with Gasteiger partial charge >= 0.3 is 13.2 Å². The van der Waals surface area contributed by atoms with Gasteiger partial charge in [0.15, 0.2) is 0 Å². The monoisotopic (exact) mass is 481 g/mol. The van der Waals surface area contributed by atoms with E-state index in [1.807, 2.05) is 13.8 Å². The molecule has 0 spiro atoms. The number of benzene rings is 1.